The number of methoxy groups -OCH3 is 1. The van der Waals surface area contributed by atoms with Crippen LogP contribution in [0.5, 0.6) is 5.75 Å². The lowest BCUT2D eigenvalue weighted by molar-refractivity contribution is -0.0962. The highest BCUT2D eigenvalue weighted by molar-refractivity contribution is 5.65. The van der Waals surface area contributed by atoms with Gasteiger partial charge in [-0.1, -0.05) is 18.2 Å². The molecular weight excluding hydrogens is 385 g/mol. The van der Waals surface area contributed by atoms with Gasteiger partial charge in [-0.3, -0.25) is 4.90 Å². The van der Waals surface area contributed by atoms with Crippen molar-refractivity contribution in [3.05, 3.63) is 66.1 Å². The highest BCUT2D eigenvalue weighted by atomic mass is 19.1. The molecule has 30 heavy (non-hydrogen) atoms. The highest BCUT2D eigenvalue weighted by Gasteiger charge is 2.20. The number of hydrogen-bond acceptors (Lipinski definition) is 5. The van der Waals surface area contributed by atoms with E-state index in [9.17, 15) is 4.39 Å². The van der Waals surface area contributed by atoms with E-state index in [-0.39, 0.29) is 11.9 Å². The van der Waals surface area contributed by atoms with E-state index in [0.29, 0.717) is 43.4 Å². The van der Waals surface area contributed by atoms with E-state index in [1.807, 2.05) is 43.6 Å². The van der Waals surface area contributed by atoms with Crippen molar-refractivity contribution in [3.63, 3.8) is 0 Å². The summed E-state index contributed by atoms with van der Waals surface area (Å²) in [5.74, 6) is 0.118. The number of halogens is 1. The van der Waals surface area contributed by atoms with Gasteiger partial charge in [0, 0.05) is 36.5 Å². The minimum Gasteiger partial charge on any atom is -0.497 e. The Morgan fingerprint density at radius 2 is 2.03 bits per heavy atom. The van der Waals surface area contributed by atoms with E-state index in [1.165, 1.54) is 13.2 Å². The Balaban J connectivity index is 1.64. The zero-order valence-corrected chi connectivity index (χ0v) is 17.3. The molecule has 1 fully saturated rings. The minimum absolute atomic E-state index is 0.0362. The maximum atomic E-state index is 14.8. The van der Waals surface area contributed by atoms with E-state index < -0.39 is 0 Å². The van der Waals surface area contributed by atoms with Gasteiger partial charge in [0.1, 0.15) is 17.3 Å². The summed E-state index contributed by atoms with van der Waals surface area (Å²) in [6.45, 7) is 3.18. The number of ether oxygens (including phenoxy) is 3. The maximum absolute atomic E-state index is 14.8. The normalized spacial score (nSPS) is 16.7. The Labute approximate surface area is 175 Å². The molecule has 1 aliphatic rings. The minimum atomic E-state index is -0.361. The summed E-state index contributed by atoms with van der Waals surface area (Å²) in [7, 11) is 3.54. The first-order valence-electron chi connectivity index (χ1n) is 10.00. The molecule has 2 aromatic carbocycles. The summed E-state index contributed by atoms with van der Waals surface area (Å²) in [4.78, 5) is 2.15. The molecule has 4 rings (SSSR count). The molecule has 2 heterocycles. The summed E-state index contributed by atoms with van der Waals surface area (Å²) in [6.07, 6.45) is 2.00. The van der Waals surface area contributed by atoms with Crippen molar-refractivity contribution in [1.29, 1.82) is 0 Å². The van der Waals surface area contributed by atoms with E-state index in [2.05, 4.69) is 4.90 Å². The van der Waals surface area contributed by atoms with Crippen molar-refractivity contribution >= 4 is 0 Å². The third-order valence-corrected chi connectivity index (χ3v) is 5.08. The molecule has 0 unspecified atom stereocenters. The van der Waals surface area contributed by atoms with Crippen LogP contribution in [0.2, 0.25) is 0 Å². The van der Waals surface area contributed by atoms with Crippen LogP contribution in [-0.4, -0.2) is 61.3 Å². The summed E-state index contributed by atoms with van der Waals surface area (Å²) in [6, 6.07) is 14.7. The third kappa shape index (κ3) is 4.70. The second kappa shape index (κ2) is 9.38. The zero-order valence-electron chi connectivity index (χ0n) is 17.3. The summed E-state index contributed by atoms with van der Waals surface area (Å²) in [5.41, 5.74) is 2.92. The Morgan fingerprint density at radius 1 is 1.20 bits per heavy atom. The molecule has 6 nitrogen and oxygen atoms in total. The molecule has 3 aromatic rings. The second-order valence-electron chi connectivity index (χ2n) is 7.39. The van der Waals surface area contributed by atoms with E-state index in [4.69, 9.17) is 19.3 Å². The number of rotatable bonds is 7. The maximum Gasteiger partial charge on any atom is 0.136 e. The molecular formula is C23H26FN3O3. The first-order chi connectivity index (χ1) is 14.6. The van der Waals surface area contributed by atoms with Gasteiger partial charge in [0.15, 0.2) is 0 Å². The SMILES string of the molecule is COc1ccc(-c2nn(-c3ccccc3)cc2CN(C)C[C@H]2COCCO2)c(F)c1. The summed E-state index contributed by atoms with van der Waals surface area (Å²) >= 11 is 0. The van der Waals surface area contributed by atoms with E-state index in [0.717, 1.165) is 17.8 Å². The summed E-state index contributed by atoms with van der Waals surface area (Å²) in [5, 5.41) is 4.72. The standard InChI is InChI=1S/C23H26FN3O3/c1-26(15-20-16-29-10-11-30-20)13-17-14-27(18-6-4-3-5-7-18)25-23(17)21-9-8-19(28-2)12-22(21)24/h3-9,12,14,20H,10-11,13,15-16H2,1-2H3/t20-/m0/s1. The van der Waals surface area contributed by atoms with E-state index >= 15 is 0 Å². The Morgan fingerprint density at radius 3 is 2.73 bits per heavy atom. The van der Waals surface area contributed by atoms with Crippen molar-refractivity contribution in [2.75, 3.05) is 40.5 Å². The molecule has 0 bridgehead atoms. The molecule has 0 saturated carbocycles. The van der Waals surface area contributed by atoms with Crippen LogP contribution in [-0.2, 0) is 16.0 Å². The number of nitrogens with zero attached hydrogens (tertiary/aromatic N) is 3. The average Bonchev–Trinajstić information content (AvgIpc) is 3.18. The van der Waals surface area contributed by atoms with Gasteiger partial charge < -0.3 is 14.2 Å². The second-order valence-corrected chi connectivity index (χ2v) is 7.39. The van der Waals surface area contributed by atoms with Crippen LogP contribution in [0.3, 0.4) is 0 Å². The average molecular weight is 411 g/mol. The Hall–Kier alpha value is -2.74. The number of para-hydroxylation sites is 1. The van der Waals surface area contributed by atoms with Crippen LogP contribution in [0.15, 0.2) is 54.7 Å². The fraction of sp³-hybridized carbons (Fsp3) is 0.348. The van der Waals surface area contributed by atoms with Crippen LogP contribution in [0.25, 0.3) is 16.9 Å². The largest absolute Gasteiger partial charge is 0.497 e. The summed E-state index contributed by atoms with van der Waals surface area (Å²) < 4.78 is 33.0. The smallest absolute Gasteiger partial charge is 0.136 e. The molecule has 1 saturated heterocycles. The molecule has 1 aliphatic heterocycles. The molecule has 0 aliphatic carbocycles. The fourth-order valence-corrected chi connectivity index (χ4v) is 3.62. The van der Waals surface area contributed by atoms with Crippen molar-refractivity contribution < 1.29 is 18.6 Å². The van der Waals surface area contributed by atoms with Crippen LogP contribution >= 0.6 is 0 Å². The van der Waals surface area contributed by atoms with Crippen molar-refractivity contribution in [3.8, 4) is 22.7 Å². The van der Waals surface area contributed by atoms with Crippen LogP contribution in [0.1, 0.15) is 5.56 Å². The lowest BCUT2D eigenvalue weighted by Gasteiger charge is -2.27. The molecule has 0 amide bonds. The van der Waals surface area contributed by atoms with Gasteiger partial charge in [0.25, 0.3) is 0 Å². The van der Waals surface area contributed by atoms with Gasteiger partial charge in [-0.15, -0.1) is 0 Å². The molecule has 1 atom stereocenters. The molecule has 0 N–H and O–H groups in total. The van der Waals surface area contributed by atoms with Gasteiger partial charge in [-0.25, -0.2) is 9.07 Å². The first kappa shape index (κ1) is 20.5. The first-order valence-corrected chi connectivity index (χ1v) is 10.00. The topological polar surface area (TPSA) is 48.8 Å². The third-order valence-electron chi connectivity index (χ3n) is 5.08. The quantitative estimate of drug-likeness (QED) is 0.595. The molecule has 7 heteroatoms. The zero-order chi connectivity index (χ0) is 20.9. The van der Waals surface area contributed by atoms with Gasteiger partial charge in [0.05, 0.1) is 38.7 Å². The molecule has 0 radical (unpaired) electrons. The van der Waals surface area contributed by atoms with Gasteiger partial charge >= 0.3 is 0 Å². The molecule has 158 valence electrons. The lowest BCUT2D eigenvalue weighted by Crippen LogP contribution is -2.38. The Kier molecular flexibility index (Phi) is 6.42. The van der Waals surface area contributed by atoms with E-state index in [1.54, 1.807) is 16.8 Å². The molecule has 1 aromatic heterocycles. The number of hydrogen-bond donors (Lipinski definition) is 0. The lowest BCUT2D eigenvalue weighted by atomic mass is 10.1. The van der Waals surface area contributed by atoms with Crippen LogP contribution in [0, 0.1) is 5.82 Å². The molecule has 0 spiro atoms. The highest BCUT2D eigenvalue weighted by Crippen LogP contribution is 2.29. The Bertz CT molecular complexity index is 971. The van der Waals surface area contributed by atoms with Gasteiger partial charge in [-0.2, -0.15) is 5.10 Å². The number of likely N-dealkylation sites (N-methyl/N-ethyl adjacent to an activating group) is 1. The van der Waals surface area contributed by atoms with Crippen molar-refractivity contribution in [2.45, 2.75) is 12.6 Å². The van der Waals surface area contributed by atoms with Crippen LogP contribution < -0.4 is 4.74 Å². The van der Waals surface area contributed by atoms with Gasteiger partial charge in [-0.05, 0) is 31.3 Å². The van der Waals surface area contributed by atoms with Crippen molar-refractivity contribution in [1.82, 2.24) is 14.7 Å². The predicted octanol–water partition coefficient (Wildman–Crippen LogP) is 3.53. The monoisotopic (exact) mass is 411 g/mol. The van der Waals surface area contributed by atoms with Crippen molar-refractivity contribution in [2.24, 2.45) is 0 Å². The number of benzene rings is 2. The van der Waals surface area contributed by atoms with Crippen LogP contribution in [0.4, 0.5) is 4.39 Å². The fourth-order valence-electron chi connectivity index (χ4n) is 3.62. The predicted molar refractivity (Wildman–Crippen MR) is 112 cm³/mol. The van der Waals surface area contributed by atoms with Gasteiger partial charge in [0.2, 0.25) is 0 Å². The number of aromatic nitrogens is 2.